The molecular weight excluding hydrogens is 296 g/mol. The van der Waals surface area contributed by atoms with Crippen molar-refractivity contribution >= 4 is 5.78 Å². The SMILES string of the molecule is C[C@]12CC[C@@H](O)C[C@H]1CC[C@H]1[C@@H]3CCC4CCC(=O)C[C@@]43CC[C@@H]12. The Morgan fingerprint density at radius 3 is 2.62 bits per heavy atom. The summed E-state index contributed by atoms with van der Waals surface area (Å²) in [5.41, 5.74) is 0.883. The van der Waals surface area contributed by atoms with Gasteiger partial charge in [0.05, 0.1) is 6.10 Å². The molecule has 8 atom stereocenters. The molecule has 5 aliphatic rings. The van der Waals surface area contributed by atoms with Crippen LogP contribution in [-0.4, -0.2) is 17.0 Å². The smallest absolute Gasteiger partial charge is 0.133 e. The zero-order valence-electron chi connectivity index (χ0n) is 15.3. The Kier molecular flexibility index (Phi) is 3.51. The first-order chi connectivity index (χ1) is 11.5. The number of Topliss-reactive ketones (excluding diaryl/α,β-unsaturated/α-hetero) is 1. The molecule has 2 nitrogen and oxygen atoms in total. The average Bonchev–Trinajstić information content (AvgIpc) is 2.94. The monoisotopic (exact) mass is 330 g/mol. The minimum atomic E-state index is -0.0404. The Hall–Kier alpha value is -0.370. The quantitative estimate of drug-likeness (QED) is 0.696. The maximum atomic E-state index is 12.3. The Labute approximate surface area is 146 Å². The maximum Gasteiger partial charge on any atom is 0.133 e. The zero-order valence-corrected chi connectivity index (χ0v) is 15.3. The van der Waals surface area contributed by atoms with Crippen LogP contribution in [0.2, 0.25) is 0 Å². The van der Waals surface area contributed by atoms with Crippen LogP contribution >= 0.6 is 0 Å². The van der Waals surface area contributed by atoms with Gasteiger partial charge in [-0.25, -0.2) is 0 Å². The molecule has 5 saturated carbocycles. The fraction of sp³-hybridized carbons (Fsp3) is 0.955. The topological polar surface area (TPSA) is 37.3 Å². The molecule has 1 spiro atoms. The summed E-state index contributed by atoms with van der Waals surface area (Å²) in [5, 5.41) is 10.2. The second-order valence-corrected chi connectivity index (χ2v) is 10.4. The van der Waals surface area contributed by atoms with E-state index in [1.807, 2.05) is 0 Å². The fourth-order valence-corrected chi connectivity index (χ4v) is 8.74. The number of ketones is 1. The molecule has 134 valence electrons. The number of rotatable bonds is 0. The molecule has 0 heterocycles. The lowest BCUT2D eigenvalue weighted by atomic mass is 9.43. The number of hydrogen-bond donors (Lipinski definition) is 1. The molecule has 0 amide bonds. The molecule has 24 heavy (non-hydrogen) atoms. The van der Waals surface area contributed by atoms with Crippen LogP contribution < -0.4 is 0 Å². The van der Waals surface area contributed by atoms with E-state index in [9.17, 15) is 9.90 Å². The second-order valence-electron chi connectivity index (χ2n) is 10.4. The van der Waals surface area contributed by atoms with Crippen molar-refractivity contribution in [2.24, 2.45) is 40.4 Å². The normalized spacial score (nSPS) is 56.8. The van der Waals surface area contributed by atoms with Crippen LogP contribution in [0.4, 0.5) is 0 Å². The summed E-state index contributed by atoms with van der Waals surface area (Å²) in [5.74, 6) is 4.77. The van der Waals surface area contributed by atoms with Gasteiger partial charge in [-0.1, -0.05) is 6.92 Å². The van der Waals surface area contributed by atoms with Crippen LogP contribution in [0.1, 0.15) is 84.0 Å². The van der Waals surface area contributed by atoms with E-state index in [2.05, 4.69) is 6.92 Å². The van der Waals surface area contributed by atoms with Gasteiger partial charge in [-0.3, -0.25) is 4.79 Å². The Balaban J connectivity index is 1.45. The van der Waals surface area contributed by atoms with Gasteiger partial charge in [-0.15, -0.1) is 0 Å². The molecule has 0 aromatic rings. The predicted molar refractivity (Wildman–Crippen MR) is 94.4 cm³/mol. The molecule has 5 fully saturated rings. The summed E-state index contributed by atoms with van der Waals surface area (Å²) >= 11 is 0. The number of hydrogen-bond acceptors (Lipinski definition) is 2. The first-order valence-corrected chi connectivity index (χ1v) is 10.7. The van der Waals surface area contributed by atoms with Gasteiger partial charge in [0.15, 0.2) is 0 Å². The van der Waals surface area contributed by atoms with Crippen molar-refractivity contribution in [2.75, 3.05) is 0 Å². The molecule has 1 unspecified atom stereocenters. The third kappa shape index (κ3) is 2.01. The lowest BCUT2D eigenvalue weighted by Gasteiger charge is -2.62. The van der Waals surface area contributed by atoms with E-state index in [1.54, 1.807) is 0 Å². The van der Waals surface area contributed by atoms with Crippen LogP contribution in [0.3, 0.4) is 0 Å². The van der Waals surface area contributed by atoms with Crippen molar-refractivity contribution in [2.45, 2.75) is 90.1 Å². The first kappa shape index (κ1) is 15.9. The van der Waals surface area contributed by atoms with Crippen molar-refractivity contribution in [1.29, 1.82) is 0 Å². The van der Waals surface area contributed by atoms with Crippen molar-refractivity contribution in [3.05, 3.63) is 0 Å². The summed E-state index contributed by atoms with van der Waals surface area (Å²) in [6.45, 7) is 2.57. The maximum absolute atomic E-state index is 12.3. The molecule has 0 aromatic heterocycles. The molecule has 0 aliphatic heterocycles. The van der Waals surface area contributed by atoms with Crippen molar-refractivity contribution in [1.82, 2.24) is 0 Å². The van der Waals surface area contributed by atoms with Crippen LogP contribution in [0, 0.1) is 40.4 Å². The third-order valence-electron chi connectivity index (χ3n) is 9.83. The standard InChI is InChI=1S/C22H34O2/c1-21-10-8-16(23)12-15(21)3-6-18-19(21)9-11-22-13-17(24)5-2-14(22)4-7-20(18)22/h14-16,18-20,23H,2-13H2,1H3/t14?,15-,16-,18-,19+,20+,21+,22+/m1/s1. The molecule has 0 saturated heterocycles. The minimum absolute atomic E-state index is 0.0404. The summed E-state index contributed by atoms with van der Waals surface area (Å²) < 4.78 is 0. The molecule has 0 radical (unpaired) electrons. The minimum Gasteiger partial charge on any atom is -0.393 e. The highest BCUT2D eigenvalue weighted by atomic mass is 16.3. The molecule has 5 aliphatic carbocycles. The summed E-state index contributed by atoms with van der Waals surface area (Å²) in [4.78, 5) is 12.3. The Morgan fingerprint density at radius 2 is 1.75 bits per heavy atom. The van der Waals surface area contributed by atoms with Gasteiger partial charge in [0.1, 0.15) is 5.78 Å². The van der Waals surface area contributed by atoms with Gasteiger partial charge in [0.25, 0.3) is 0 Å². The number of carbonyl (C=O) groups is 1. The van der Waals surface area contributed by atoms with Crippen molar-refractivity contribution in [3.63, 3.8) is 0 Å². The van der Waals surface area contributed by atoms with E-state index in [-0.39, 0.29) is 6.10 Å². The lowest BCUT2D eigenvalue weighted by molar-refractivity contribution is -0.147. The van der Waals surface area contributed by atoms with E-state index in [0.717, 1.165) is 55.3 Å². The molecule has 2 heteroatoms. The zero-order chi connectivity index (χ0) is 16.5. The van der Waals surface area contributed by atoms with Gasteiger partial charge in [-0.2, -0.15) is 0 Å². The highest BCUT2D eigenvalue weighted by molar-refractivity contribution is 5.80. The van der Waals surface area contributed by atoms with E-state index in [1.165, 1.54) is 51.4 Å². The van der Waals surface area contributed by atoms with Gasteiger partial charge >= 0.3 is 0 Å². The highest BCUT2D eigenvalue weighted by Gasteiger charge is 2.62. The van der Waals surface area contributed by atoms with Crippen molar-refractivity contribution < 1.29 is 9.90 Å². The van der Waals surface area contributed by atoms with Crippen LogP contribution in [0.15, 0.2) is 0 Å². The van der Waals surface area contributed by atoms with E-state index in [0.29, 0.717) is 16.6 Å². The van der Waals surface area contributed by atoms with Crippen LogP contribution in [-0.2, 0) is 4.79 Å². The molecule has 0 aromatic carbocycles. The number of aliphatic hydroxyl groups excluding tert-OH is 1. The highest BCUT2D eigenvalue weighted by Crippen LogP contribution is 2.69. The second kappa shape index (κ2) is 5.32. The lowest BCUT2D eigenvalue weighted by Crippen LogP contribution is -2.55. The predicted octanol–water partition coefficient (Wildman–Crippen LogP) is 4.74. The summed E-state index contributed by atoms with van der Waals surface area (Å²) in [6.07, 6.45) is 14.5. The molecule has 1 N–H and O–H groups in total. The van der Waals surface area contributed by atoms with Gasteiger partial charge in [-0.05, 0) is 105 Å². The van der Waals surface area contributed by atoms with Gasteiger partial charge in [0, 0.05) is 12.8 Å². The third-order valence-corrected chi connectivity index (χ3v) is 9.83. The fourth-order valence-electron chi connectivity index (χ4n) is 8.74. The largest absolute Gasteiger partial charge is 0.393 e. The van der Waals surface area contributed by atoms with Gasteiger partial charge in [0.2, 0.25) is 0 Å². The number of carbonyl (C=O) groups excluding carboxylic acids is 1. The summed E-state index contributed by atoms with van der Waals surface area (Å²) in [6, 6.07) is 0. The van der Waals surface area contributed by atoms with E-state index >= 15 is 0 Å². The number of fused-ring (bicyclic) bond motifs is 4. The summed E-state index contributed by atoms with van der Waals surface area (Å²) in [7, 11) is 0. The Bertz CT molecular complexity index is 542. The molecular formula is C22H34O2. The molecule has 0 bridgehead atoms. The van der Waals surface area contributed by atoms with E-state index < -0.39 is 0 Å². The van der Waals surface area contributed by atoms with Crippen LogP contribution in [0.5, 0.6) is 0 Å². The first-order valence-electron chi connectivity index (χ1n) is 10.7. The van der Waals surface area contributed by atoms with E-state index in [4.69, 9.17) is 0 Å². The van der Waals surface area contributed by atoms with Crippen molar-refractivity contribution in [3.8, 4) is 0 Å². The molecule has 5 rings (SSSR count). The number of aliphatic hydroxyl groups is 1. The van der Waals surface area contributed by atoms with Crippen LogP contribution in [0.25, 0.3) is 0 Å². The Morgan fingerprint density at radius 1 is 0.917 bits per heavy atom. The van der Waals surface area contributed by atoms with Gasteiger partial charge < -0.3 is 5.11 Å². The average molecular weight is 331 g/mol.